The van der Waals surface area contributed by atoms with Crippen molar-refractivity contribution < 1.29 is 0 Å². The van der Waals surface area contributed by atoms with Crippen LogP contribution in [0, 0.1) is 6.92 Å². The van der Waals surface area contributed by atoms with Crippen molar-refractivity contribution in [3.05, 3.63) is 24.3 Å². The summed E-state index contributed by atoms with van der Waals surface area (Å²) in [6, 6.07) is 0. The maximum atomic E-state index is 3.77. The lowest BCUT2D eigenvalue weighted by atomic mass is 10.3. The number of unbranched alkanes of at least 4 members (excludes halogenated alkanes) is 2. The third kappa shape index (κ3) is 7.19. The molecule has 0 spiro atoms. The molecule has 0 aromatic carbocycles. The van der Waals surface area contributed by atoms with E-state index >= 15 is 0 Å². The second kappa shape index (κ2) is 8.18. The minimum Gasteiger partial charge on any atom is -0.245 e. The van der Waals surface area contributed by atoms with Gasteiger partial charge >= 0.3 is 0 Å². The van der Waals surface area contributed by atoms with Crippen LogP contribution < -0.4 is 0 Å². The van der Waals surface area contributed by atoms with Crippen LogP contribution >= 0.6 is 0 Å². The van der Waals surface area contributed by atoms with Crippen LogP contribution in [-0.2, 0) is 0 Å². The van der Waals surface area contributed by atoms with Gasteiger partial charge in [0.15, 0.2) is 0 Å². The predicted molar refractivity (Wildman–Crippen MR) is 52.0 cm³/mol. The summed E-state index contributed by atoms with van der Waals surface area (Å²) >= 11 is 0. The Hall–Kier alpha value is -0.920. The second-order valence-electron chi connectivity index (χ2n) is 2.77. The normalized spacial score (nSPS) is 8.58. The molecule has 0 unspecified atom stereocenters. The molecule has 0 aliphatic rings. The van der Waals surface area contributed by atoms with Crippen LogP contribution in [0.3, 0.4) is 0 Å². The fourth-order valence-electron chi connectivity index (χ4n) is 0.727. The molecule has 2 nitrogen and oxygen atoms in total. The van der Waals surface area contributed by atoms with Gasteiger partial charge in [-0.25, -0.2) is 9.97 Å². The molecule has 2 heteroatoms. The zero-order valence-corrected chi connectivity index (χ0v) is 8.25. The van der Waals surface area contributed by atoms with Gasteiger partial charge < -0.3 is 0 Å². The highest BCUT2D eigenvalue weighted by atomic mass is 14.8. The Kier molecular flexibility index (Phi) is 7.55. The highest BCUT2D eigenvalue weighted by Gasteiger charge is 1.74. The molecule has 0 aliphatic heterocycles. The molecular formula is C10H18N2. The lowest BCUT2D eigenvalue weighted by molar-refractivity contribution is 0.772. The molecule has 1 aromatic rings. The van der Waals surface area contributed by atoms with E-state index in [1.54, 1.807) is 12.4 Å². The van der Waals surface area contributed by atoms with E-state index in [2.05, 4.69) is 23.8 Å². The van der Waals surface area contributed by atoms with E-state index < -0.39 is 0 Å². The smallest absolute Gasteiger partial charge is 0.115 e. The van der Waals surface area contributed by atoms with Crippen LogP contribution in [0.2, 0.25) is 0 Å². The third-order valence-electron chi connectivity index (χ3n) is 1.40. The molecule has 0 atom stereocenters. The zero-order chi connectivity index (χ0) is 9.23. The monoisotopic (exact) mass is 166 g/mol. The molecule has 0 fully saturated rings. The molecule has 1 rings (SSSR count). The van der Waals surface area contributed by atoms with Crippen molar-refractivity contribution in [1.82, 2.24) is 9.97 Å². The van der Waals surface area contributed by atoms with Crippen LogP contribution in [0.1, 0.15) is 38.7 Å². The summed E-state index contributed by atoms with van der Waals surface area (Å²) in [4.78, 5) is 7.55. The topological polar surface area (TPSA) is 25.8 Å². The van der Waals surface area contributed by atoms with Gasteiger partial charge in [0.25, 0.3) is 0 Å². The van der Waals surface area contributed by atoms with Crippen molar-refractivity contribution in [2.45, 2.75) is 40.0 Å². The minimum atomic E-state index is 1.10. The summed E-state index contributed by atoms with van der Waals surface area (Å²) < 4.78 is 0. The van der Waals surface area contributed by atoms with Gasteiger partial charge in [-0.3, -0.25) is 0 Å². The molecule has 0 saturated carbocycles. The first-order chi connectivity index (χ1) is 5.81. The van der Waals surface area contributed by atoms with Crippen molar-refractivity contribution in [2.75, 3.05) is 0 Å². The Labute approximate surface area is 75.1 Å². The largest absolute Gasteiger partial charge is 0.245 e. The van der Waals surface area contributed by atoms with Gasteiger partial charge in [-0.15, -0.1) is 0 Å². The summed E-state index contributed by atoms with van der Waals surface area (Å²) in [7, 11) is 0. The Morgan fingerprint density at radius 1 is 1.08 bits per heavy atom. The second-order valence-corrected chi connectivity index (χ2v) is 2.77. The van der Waals surface area contributed by atoms with E-state index in [-0.39, 0.29) is 0 Å². The van der Waals surface area contributed by atoms with Crippen molar-refractivity contribution >= 4 is 0 Å². The average Bonchev–Trinajstić information content (AvgIpc) is 2.08. The molecule has 0 saturated heterocycles. The first-order valence-electron chi connectivity index (χ1n) is 4.52. The summed E-state index contributed by atoms with van der Waals surface area (Å²) in [6.07, 6.45) is 9.14. The molecule has 0 aliphatic carbocycles. The van der Waals surface area contributed by atoms with Crippen molar-refractivity contribution in [3.63, 3.8) is 0 Å². The van der Waals surface area contributed by atoms with Crippen molar-refractivity contribution in [2.24, 2.45) is 0 Å². The number of aromatic nitrogens is 2. The summed E-state index contributed by atoms with van der Waals surface area (Å²) in [5.74, 6) is 0. The van der Waals surface area contributed by atoms with Crippen LogP contribution in [0.4, 0.5) is 0 Å². The van der Waals surface area contributed by atoms with Crippen molar-refractivity contribution in [1.29, 1.82) is 0 Å². The fourth-order valence-corrected chi connectivity index (χ4v) is 0.727. The highest BCUT2D eigenvalue weighted by Crippen LogP contribution is 1.88. The number of aryl methyl sites for hydroxylation is 1. The Morgan fingerprint density at radius 3 is 1.75 bits per heavy atom. The van der Waals surface area contributed by atoms with E-state index in [9.17, 15) is 0 Å². The van der Waals surface area contributed by atoms with E-state index in [1.165, 1.54) is 25.6 Å². The van der Waals surface area contributed by atoms with E-state index in [0.717, 1.165) is 5.56 Å². The maximum absolute atomic E-state index is 3.77. The fraction of sp³-hybridized carbons (Fsp3) is 0.600. The first kappa shape index (κ1) is 11.1. The van der Waals surface area contributed by atoms with Crippen LogP contribution in [0.25, 0.3) is 0 Å². The van der Waals surface area contributed by atoms with Crippen LogP contribution in [0.15, 0.2) is 18.7 Å². The minimum absolute atomic E-state index is 1.10. The maximum Gasteiger partial charge on any atom is 0.115 e. The third-order valence-corrected chi connectivity index (χ3v) is 1.40. The van der Waals surface area contributed by atoms with Crippen LogP contribution in [0.5, 0.6) is 0 Å². The molecule has 1 aromatic heterocycles. The molecule has 1 heterocycles. The van der Waals surface area contributed by atoms with Gasteiger partial charge in [0.05, 0.1) is 0 Å². The first-order valence-corrected chi connectivity index (χ1v) is 4.52. The SMILES string of the molecule is CCCCC.Cc1cncnc1. The quantitative estimate of drug-likeness (QED) is 0.675. The van der Waals surface area contributed by atoms with Gasteiger partial charge in [-0.05, 0) is 12.5 Å². The molecule has 0 radical (unpaired) electrons. The summed E-state index contributed by atoms with van der Waals surface area (Å²) in [5.41, 5.74) is 1.10. The summed E-state index contributed by atoms with van der Waals surface area (Å²) in [5, 5.41) is 0. The lowest BCUT2D eigenvalue weighted by Gasteiger charge is -1.81. The molecule has 12 heavy (non-hydrogen) atoms. The van der Waals surface area contributed by atoms with E-state index in [1.807, 2.05) is 6.92 Å². The van der Waals surface area contributed by atoms with Gasteiger partial charge in [0, 0.05) is 12.4 Å². The number of hydrogen-bond donors (Lipinski definition) is 0. The molecule has 0 bridgehead atoms. The highest BCUT2D eigenvalue weighted by molar-refractivity contribution is 4.96. The molecule has 0 N–H and O–H groups in total. The molecular weight excluding hydrogens is 148 g/mol. The zero-order valence-electron chi connectivity index (χ0n) is 8.25. The molecule has 68 valence electrons. The Morgan fingerprint density at radius 2 is 1.58 bits per heavy atom. The Balaban J connectivity index is 0.000000217. The number of rotatable bonds is 2. The van der Waals surface area contributed by atoms with Crippen molar-refractivity contribution in [3.8, 4) is 0 Å². The van der Waals surface area contributed by atoms with Gasteiger partial charge in [0.1, 0.15) is 6.33 Å². The molecule has 0 amide bonds. The lowest BCUT2D eigenvalue weighted by Crippen LogP contribution is -1.75. The number of nitrogens with zero attached hydrogens (tertiary/aromatic N) is 2. The van der Waals surface area contributed by atoms with Gasteiger partial charge in [-0.2, -0.15) is 0 Å². The number of hydrogen-bond acceptors (Lipinski definition) is 2. The van der Waals surface area contributed by atoms with Gasteiger partial charge in [-0.1, -0.05) is 33.1 Å². The van der Waals surface area contributed by atoms with Gasteiger partial charge in [0.2, 0.25) is 0 Å². The van der Waals surface area contributed by atoms with Crippen LogP contribution in [-0.4, -0.2) is 9.97 Å². The standard InChI is InChI=1S/C5H6N2.C5H12/c1-5-2-6-4-7-3-5;1-3-5-4-2/h2-4H,1H3;3-5H2,1-2H3. The average molecular weight is 166 g/mol. The Bertz CT molecular complexity index is 170. The summed E-state index contributed by atoms with van der Waals surface area (Å²) in [6.45, 7) is 6.38. The van der Waals surface area contributed by atoms with E-state index in [4.69, 9.17) is 0 Å². The predicted octanol–water partition coefficient (Wildman–Crippen LogP) is 2.98. The van der Waals surface area contributed by atoms with E-state index in [0.29, 0.717) is 0 Å².